The minimum absolute atomic E-state index is 0.286. The first-order valence-electron chi connectivity index (χ1n) is 4.18. The number of nitrogens with one attached hydrogen (secondary N) is 1. The van der Waals surface area contributed by atoms with Gasteiger partial charge >= 0.3 is 0 Å². The number of aromatic nitrogens is 2. The SMILES string of the molecule is Nc1ccc(C(=O)Nc2cnoc2)cn1. The van der Waals surface area contributed by atoms with Crippen molar-refractivity contribution >= 4 is 17.4 Å². The number of nitrogens with two attached hydrogens (primary N) is 1. The van der Waals surface area contributed by atoms with Gasteiger partial charge in [0.2, 0.25) is 0 Å². The number of hydrogen-bond donors (Lipinski definition) is 2. The number of carbonyl (C=O) groups excluding carboxylic acids is 1. The van der Waals surface area contributed by atoms with E-state index in [9.17, 15) is 4.79 Å². The summed E-state index contributed by atoms with van der Waals surface area (Å²) < 4.78 is 4.57. The van der Waals surface area contributed by atoms with Crippen LogP contribution in [0.4, 0.5) is 11.5 Å². The molecule has 0 aromatic carbocycles. The predicted molar refractivity (Wildman–Crippen MR) is 53.1 cm³/mol. The second-order valence-electron chi connectivity index (χ2n) is 2.84. The fourth-order valence-corrected chi connectivity index (χ4v) is 1.01. The van der Waals surface area contributed by atoms with Crippen molar-refractivity contribution in [3.05, 3.63) is 36.4 Å². The largest absolute Gasteiger partial charge is 0.384 e. The topological polar surface area (TPSA) is 94.0 Å². The Kier molecular flexibility index (Phi) is 2.32. The van der Waals surface area contributed by atoms with Crippen molar-refractivity contribution in [1.29, 1.82) is 0 Å². The molecule has 1 amide bonds. The van der Waals surface area contributed by atoms with Gasteiger partial charge in [0.1, 0.15) is 17.8 Å². The molecule has 0 aliphatic rings. The van der Waals surface area contributed by atoms with E-state index in [0.717, 1.165) is 0 Å². The van der Waals surface area contributed by atoms with Crippen LogP contribution in [0.5, 0.6) is 0 Å². The van der Waals surface area contributed by atoms with E-state index in [2.05, 4.69) is 20.0 Å². The molecule has 0 spiro atoms. The average molecular weight is 204 g/mol. The van der Waals surface area contributed by atoms with Crippen LogP contribution < -0.4 is 11.1 Å². The van der Waals surface area contributed by atoms with Crippen molar-refractivity contribution in [1.82, 2.24) is 10.1 Å². The highest BCUT2D eigenvalue weighted by Gasteiger charge is 2.06. The van der Waals surface area contributed by atoms with Crippen LogP contribution in [-0.4, -0.2) is 16.0 Å². The van der Waals surface area contributed by atoms with Crippen LogP contribution in [0.15, 0.2) is 35.3 Å². The standard InChI is InChI=1S/C9H8N4O2/c10-8-2-1-6(3-11-8)9(14)13-7-4-12-15-5-7/h1-5H,(H2,10,11)(H,13,14). The molecule has 3 N–H and O–H groups in total. The monoisotopic (exact) mass is 204 g/mol. The van der Waals surface area contributed by atoms with E-state index in [1.54, 1.807) is 12.1 Å². The highest BCUT2D eigenvalue weighted by Crippen LogP contribution is 2.07. The minimum Gasteiger partial charge on any atom is -0.384 e. The third-order valence-electron chi connectivity index (χ3n) is 1.74. The van der Waals surface area contributed by atoms with Gasteiger partial charge < -0.3 is 15.6 Å². The molecule has 0 saturated heterocycles. The zero-order valence-corrected chi connectivity index (χ0v) is 7.68. The van der Waals surface area contributed by atoms with Crippen molar-refractivity contribution in [3.8, 4) is 0 Å². The number of hydrogen-bond acceptors (Lipinski definition) is 5. The van der Waals surface area contributed by atoms with Gasteiger partial charge in [-0.1, -0.05) is 5.16 Å². The number of rotatable bonds is 2. The van der Waals surface area contributed by atoms with Crippen LogP contribution in [0.1, 0.15) is 10.4 Å². The molecule has 0 aliphatic carbocycles. The zero-order valence-electron chi connectivity index (χ0n) is 7.68. The number of carbonyl (C=O) groups is 1. The molecule has 0 aliphatic heterocycles. The normalized spacial score (nSPS) is 9.87. The Hall–Kier alpha value is -2.37. The lowest BCUT2D eigenvalue weighted by molar-refractivity contribution is 0.102. The van der Waals surface area contributed by atoms with Crippen molar-refractivity contribution in [2.75, 3.05) is 11.1 Å². The Morgan fingerprint density at radius 2 is 2.27 bits per heavy atom. The van der Waals surface area contributed by atoms with E-state index in [1.807, 2.05) is 0 Å². The minimum atomic E-state index is -0.286. The van der Waals surface area contributed by atoms with Gasteiger partial charge in [0.05, 0.1) is 11.8 Å². The summed E-state index contributed by atoms with van der Waals surface area (Å²) in [6.07, 6.45) is 4.14. The average Bonchev–Trinajstić information content (AvgIpc) is 2.71. The molecule has 2 aromatic rings. The summed E-state index contributed by atoms with van der Waals surface area (Å²) in [4.78, 5) is 15.4. The van der Waals surface area contributed by atoms with Crippen LogP contribution >= 0.6 is 0 Å². The number of nitrogens with zero attached hydrogens (tertiary/aromatic N) is 2. The first kappa shape index (κ1) is 9.20. The van der Waals surface area contributed by atoms with Gasteiger partial charge in [-0.15, -0.1) is 0 Å². The van der Waals surface area contributed by atoms with Gasteiger partial charge in [-0.05, 0) is 12.1 Å². The van der Waals surface area contributed by atoms with Crippen molar-refractivity contribution in [2.45, 2.75) is 0 Å². The van der Waals surface area contributed by atoms with Crippen LogP contribution in [0.3, 0.4) is 0 Å². The van der Waals surface area contributed by atoms with Gasteiger partial charge in [-0.3, -0.25) is 4.79 Å². The Bertz CT molecular complexity index is 449. The van der Waals surface area contributed by atoms with Crippen LogP contribution in [-0.2, 0) is 0 Å². The second-order valence-corrected chi connectivity index (χ2v) is 2.84. The molecule has 0 unspecified atom stereocenters. The molecule has 6 heteroatoms. The number of pyridine rings is 1. The smallest absolute Gasteiger partial charge is 0.257 e. The van der Waals surface area contributed by atoms with Crippen molar-refractivity contribution in [3.63, 3.8) is 0 Å². The van der Waals surface area contributed by atoms with Gasteiger partial charge in [0, 0.05) is 6.20 Å². The molecule has 0 bridgehead atoms. The summed E-state index contributed by atoms with van der Waals surface area (Å²) in [6.45, 7) is 0. The molecule has 2 rings (SSSR count). The van der Waals surface area contributed by atoms with E-state index in [-0.39, 0.29) is 5.91 Å². The van der Waals surface area contributed by atoms with Crippen molar-refractivity contribution < 1.29 is 9.32 Å². The number of anilines is 2. The molecular weight excluding hydrogens is 196 g/mol. The third kappa shape index (κ3) is 2.11. The van der Waals surface area contributed by atoms with Gasteiger partial charge in [-0.2, -0.15) is 0 Å². The fourth-order valence-electron chi connectivity index (χ4n) is 1.01. The first-order chi connectivity index (χ1) is 7.25. The summed E-state index contributed by atoms with van der Waals surface area (Å²) in [5.74, 6) is 0.0854. The zero-order chi connectivity index (χ0) is 10.7. The van der Waals surface area contributed by atoms with E-state index >= 15 is 0 Å². The first-order valence-corrected chi connectivity index (χ1v) is 4.18. The predicted octanol–water partition coefficient (Wildman–Crippen LogP) is 0.904. The van der Waals surface area contributed by atoms with Crippen LogP contribution in [0, 0.1) is 0 Å². The maximum Gasteiger partial charge on any atom is 0.257 e. The number of amides is 1. The summed E-state index contributed by atoms with van der Waals surface area (Å²) >= 11 is 0. The maximum absolute atomic E-state index is 11.6. The summed E-state index contributed by atoms with van der Waals surface area (Å²) in [6, 6.07) is 3.15. The molecule has 2 aromatic heterocycles. The lowest BCUT2D eigenvalue weighted by Crippen LogP contribution is -2.11. The Morgan fingerprint density at radius 3 is 2.87 bits per heavy atom. The summed E-state index contributed by atoms with van der Waals surface area (Å²) in [5.41, 5.74) is 6.31. The maximum atomic E-state index is 11.6. The molecule has 76 valence electrons. The van der Waals surface area contributed by atoms with E-state index in [0.29, 0.717) is 17.1 Å². The van der Waals surface area contributed by atoms with E-state index in [4.69, 9.17) is 5.73 Å². The second kappa shape index (κ2) is 3.79. The Balaban J connectivity index is 2.11. The molecule has 0 atom stereocenters. The molecule has 2 heterocycles. The molecular formula is C9H8N4O2. The highest BCUT2D eigenvalue weighted by molar-refractivity contribution is 6.03. The molecule has 0 radical (unpaired) electrons. The van der Waals surface area contributed by atoms with Crippen LogP contribution in [0.2, 0.25) is 0 Å². The molecule has 15 heavy (non-hydrogen) atoms. The highest BCUT2D eigenvalue weighted by atomic mass is 16.5. The lowest BCUT2D eigenvalue weighted by atomic mass is 10.2. The molecule has 6 nitrogen and oxygen atoms in total. The Labute approximate surface area is 85.1 Å². The fraction of sp³-hybridized carbons (Fsp3) is 0. The third-order valence-corrected chi connectivity index (χ3v) is 1.74. The molecule has 0 saturated carbocycles. The van der Waals surface area contributed by atoms with E-state index in [1.165, 1.54) is 18.7 Å². The van der Waals surface area contributed by atoms with Crippen LogP contribution in [0.25, 0.3) is 0 Å². The summed E-state index contributed by atoms with van der Waals surface area (Å²) in [5, 5.41) is 6.04. The van der Waals surface area contributed by atoms with Crippen molar-refractivity contribution in [2.24, 2.45) is 0 Å². The number of nitrogen functional groups attached to an aromatic ring is 1. The Morgan fingerprint density at radius 1 is 1.40 bits per heavy atom. The molecule has 0 fully saturated rings. The lowest BCUT2D eigenvalue weighted by Gasteiger charge is -2.00. The van der Waals surface area contributed by atoms with Gasteiger partial charge in [0.25, 0.3) is 5.91 Å². The van der Waals surface area contributed by atoms with E-state index < -0.39 is 0 Å². The van der Waals surface area contributed by atoms with Gasteiger partial charge in [0.15, 0.2) is 0 Å². The quantitative estimate of drug-likeness (QED) is 0.758. The van der Waals surface area contributed by atoms with Gasteiger partial charge in [-0.25, -0.2) is 4.98 Å². The summed E-state index contributed by atoms with van der Waals surface area (Å²) in [7, 11) is 0.